The van der Waals surface area contributed by atoms with Crippen LogP contribution >= 0.6 is 0 Å². The van der Waals surface area contributed by atoms with Crippen molar-refractivity contribution in [3.63, 3.8) is 0 Å². The van der Waals surface area contributed by atoms with Crippen molar-refractivity contribution in [3.8, 4) is 0 Å². The molecule has 0 saturated carbocycles. The van der Waals surface area contributed by atoms with Gasteiger partial charge >= 0.3 is 6.09 Å². The third kappa shape index (κ3) is 4.79. The van der Waals surface area contributed by atoms with Gasteiger partial charge < -0.3 is 9.64 Å². The monoisotopic (exact) mass is 357 g/mol. The summed E-state index contributed by atoms with van der Waals surface area (Å²) in [5, 5.41) is 13.6. The predicted octanol–water partition coefficient (Wildman–Crippen LogP) is 3.44. The molecule has 0 aliphatic carbocycles. The van der Waals surface area contributed by atoms with Crippen LogP contribution in [-0.2, 0) is 11.3 Å². The summed E-state index contributed by atoms with van der Waals surface area (Å²) < 4.78 is 4.80. The molecule has 26 heavy (non-hydrogen) atoms. The lowest BCUT2D eigenvalue weighted by Crippen LogP contribution is -2.26. The first-order valence-electron chi connectivity index (χ1n) is 7.94. The molecule has 8 nitrogen and oxygen atoms in total. The van der Waals surface area contributed by atoms with Crippen molar-refractivity contribution in [2.75, 3.05) is 19.0 Å². The second kappa shape index (κ2) is 8.61. The van der Waals surface area contributed by atoms with Crippen LogP contribution in [0.1, 0.15) is 22.8 Å². The van der Waals surface area contributed by atoms with Gasteiger partial charge in [0.2, 0.25) is 0 Å². The topological polar surface area (TPSA) is 102 Å². The smallest absolute Gasteiger partial charge is 0.411 e. The molecule has 8 heteroatoms. The zero-order valence-corrected chi connectivity index (χ0v) is 14.5. The summed E-state index contributed by atoms with van der Waals surface area (Å²) >= 11 is 0. The van der Waals surface area contributed by atoms with Gasteiger partial charge in [-0.1, -0.05) is 24.3 Å². The summed E-state index contributed by atoms with van der Waals surface area (Å²) in [6.45, 7) is 2.02. The number of amides is 2. The maximum absolute atomic E-state index is 12.6. The Bertz CT molecular complexity index is 822. The largest absolute Gasteiger partial charge is 0.450 e. The highest BCUT2D eigenvalue weighted by molar-refractivity contribution is 5.96. The van der Waals surface area contributed by atoms with Gasteiger partial charge in [-0.25, -0.2) is 4.79 Å². The molecule has 0 spiro atoms. The third-order valence-electron chi connectivity index (χ3n) is 3.57. The van der Waals surface area contributed by atoms with Crippen LogP contribution in [0, 0.1) is 10.1 Å². The first-order valence-corrected chi connectivity index (χ1v) is 7.94. The van der Waals surface area contributed by atoms with Crippen molar-refractivity contribution in [3.05, 3.63) is 69.8 Å². The molecule has 0 heterocycles. The van der Waals surface area contributed by atoms with Crippen LogP contribution in [0.2, 0.25) is 0 Å². The lowest BCUT2D eigenvalue weighted by molar-refractivity contribution is -0.385. The van der Waals surface area contributed by atoms with Gasteiger partial charge in [0.05, 0.1) is 18.1 Å². The number of nitrogens with zero attached hydrogens (tertiary/aromatic N) is 2. The zero-order valence-electron chi connectivity index (χ0n) is 14.5. The molecule has 0 aromatic heterocycles. The Labute approximate surface area is 150 Å². The van der Waals surface area contributed by atoms with E-state index < -0.39 is 11.0 Å². The summed E-state index contributed by atoms with van der Waals surface area (Å²) in [5.41, 5.74) is 1.17. The first-order chi connectivity index (χ1) is 12.4. The lowest BCUT2D eigenvalue weighted by atomic mass is 10.1. The summed E-state index contributed by atoms with van der Waals surface area (Å²) in [6, 6.07) is 12.7. The fourth-order valence-corrected chi connectivity index (χ4v) is 2.39. The van der Waals surface area contributed by atoms with E-state index in [0.29, 0.717) is 16.8 Å². The van der Waals surface area contributed by atoms with Crippen LogP contribution in [0.15, 0.2) is 48.5 Å². The molecule has 0 aliphatic rings. The number of nitrogens with one attached hydrogen (secondary N) is 1. The summed E-state index contributed by atoms with van der Waals surface area (Å²) in [4.78, 5) is 36.1. The molecule has 1 N–H and O–H groups in total. The Hall–Kier alpha value is -3.42. The number of nitro benzene ring substituents is 1. The van der Waals surface area contributed by atoms with Gasteiger partial charge in [-0.15, -0.1) is 0 Å². The molecule has 0 radical (unpaired) electrons. The Balaban J connectivity index is 2.13. The Morgan fingerprint density at radius 1 is 1.19 bits per heavy atom. The molecule has 0 aliphatic heterocycles. The van der Waals surface area contributed by atoms with E-state index in [-0.39, 0.29) is 24.7 Å². The number of ether oxygens (including phenoxy) is 1. The molecule has 0 unspecified atom stereocenters. The van der Waals surface area contributed by atoms with Gasteiger partial charge in [0, 0.05) is 29.9 Å². The van der Waals surface area contributed by atoms with Crippen LogP contribution in [0.5, 0.6) is 0 Å². The van der Waals surface area contributed by atoms with Gasteiger partial charge in [0.25, 0.3) is 11.6 Å². The van der Waals surface area contributed by atoms with E-state index in [1.54, 1.807) is 50.4 Å². The summed E-state index contributed by atoms with van der Waals surface area (Å²) in [5.74, 6) is -0.323. The highest BCUT2D eigenvalue weighted by Crippen LogP contribution is 2.20. The van der Waals surface area contributed by atoms with Crippen molar-refractivity contribution in [2.45, 2.75) is 13.5 Å². The average molecular weight is 357 g/mol. The van der Waals surface area contributed by atoms with Crippen LogP contribution in [0.4, 0.5) is 16.2 Å². The van der Waals surface area contributed by atoms with Gasteiger partial charge in [-0.2, -0.15) is 0 Å². The minimum atomic E-state index is -0.606. The number of hydrogen-bond acceptors (Lipinski definition) is 5. The number of carbonyl (C=O) groups excluding carboxylic acids is 2. The van der Waals surface area contributed by atoms with E-state index in [1.807, 2.05) is 0 Å². The zero-order chi connectivity index (χ0) is 19.1. The molecule has 2 aromatic carbocycles. The second-order valence-electron chi connectivity index (χ2n) is 5.47. The molecular formula is C18H19N3O5. The van der Waals surface area contributed by atoms with E-state index in [2.05, 4.69) is 5.32 Å². The molecule has 0 atom stereocenters. The van der Waals surface area contributed by atoms with E-state index >= 15 is 0 Å². The highest BCUT2D eigenvalue weighted by atomic mass is 16.6. The van der Waals surface area contributed by atoms with Crippen molar-refractivity contribution in [1.29, 1.82) is 0 Å². The number of rotatable bonds is 6. The standard InChI is InChI=1S/C18H19N3O5/c1-3-26-18(23)19-15-9-6-8-13(11-15)17(22)20(2)12-14-7-4-5-10-16(14)21(24)25/h4-11H,3,12H2,1-2H3,(H,19,23). The maximum atomic E-state index is 12.6. The van der Waals surface area contributed by atoms with Gasteiger partial charge in [-0.3, -0.25) is 20.2 Å². The fraction of sp³-hybridized carbons (Fsp3) is 0.222. The Kier molecular flexibility index (Phi) is 6.26. The number of benzene rings is 2. The summed E-state index contributed by atoms with van der Waals surface area (Å²) in [6.07, 6.45) is -0.606. The number of anilines is 1. The molecule has 2 amide bonds. The average Bonchev–Trinajstić information content (AvgIpc) is 2.61. The summed E-state index contributed by atoms with van der Waals surface area (Å²) in [7, 11) is 1.56. The van der Waals surface area contributed by atoms with Crippen LogP contribution in [0.25, 0.3) is 0 Å². The molecule has 0 bridgehead atoms. The SMILES string of the molecule is CCOC(=O)Nc1cccc(C(=O)N(C)Cc2ccccc2[N+](=O)[O-])c1. The minimum Gasteiger partial charge on any atom is -0.450 e. The number of carbonyl (C=O) groups is 2. The normalized spacial score (nSPS) is 10.1. The quantitative estimate of drug-likeness (QED) is 0.630. The van der Waals surface area contributed by atoms with E-state index in [9.17, 15) is 19.7 Å². The molecule has 0 saturated heterocycles. The van der Waals surface area contributed by atoms with E-state index in [4.69, 9.17) is 4.74 Å². The van der Waals surface area contributed by atoms with Crippen molar-refractivity contribution in [2.24, 2.45) is 0 Å². The lowest BCUT2D eigenvalue weighted by Gasteiger charge is -2.18. The molecular weight excluding hydrogens is 338 g/mol. The van der Waals surface area contributed by atoms with Crippen LogP contribution in [-0.4, -0.2) is 35.5 Å². The number of para-hydroxylation sites is 1. The highest BCUT2D eigenvalue weighted by Gasteiger charge is 2.18. The van der Waals surface area contributed by atoms with Crippen molar-refractivity contribution >= 4 is 23.4 Å². The second-order valence-corrected chi connectivity index (χ2v) is 5.47. The first kappa shape index (κ1) is 18.9. The van der Waals surface area contributed by atoms with Gasteiger partial charge in [-0.05, 0) is 25.1 Å². The van der Waals surface area contributed by atoms with Crippen molar-refractivity contribution < 1.29 is 19.2 Å². The van der Waals surface area contributed by atoms with E-state index in [1.165, 1.54) is 17.0 Å². The fourth-order valence-electron chi connectivity index (χ4n) is 2.39. The molecule has 2 aromatic rings. The molecule has 136 valence electrons. The molecule has 0 fully saturated rings. The van der Waals surface area contributed by atoms with Gasteiger partial charge in [0.1, 0.15) is 0 Å². The number of hydrogen-bond donors (Lipinski definition) is 1. The Morgan fingerprint density at radius 2 is 1.92 bits per heavy atom. The van der Waals surface area contributed by atoms with Crippen LogP contribution in [0.3, 0.4) is 0 Å². The maximum Gasteiger partial charge on any atom is 0.411 e. The van der Waals surface area contributed by atoms with Gasteiger partial charge in [0.15, 0.2) is 0 Å². The predicted molar refractivity (Wildman–Crippen MR) is 96.0 cm³/mol. The number of nitro groups is 1. The van der Waals surface area contributed by atoms with E-state index in [0.717, 1.165) is 0 Å². The van der Waals surface area contributed by atoms with Crippen molar-refractivity contribution in [1.82, 2.24) is 4.90 Å². The minimum absolute atomic E-state index is 0.0371. The Morgan fingerprint density at radius 3 is 2.62 bits per heavy atom. The third-order valence-corrected chi connectivity index (χ3v) is 3.57. The molecule has 2 rings (SSSR count). The van der Waals surface area contributed by atoms with Crippen LogP contribution < -0.4 is 5.32 Å².